The van der Waals surface area contributed by atoms with Crippen LogP contribution in [-0.4, -0.2) is 50.9 Å². The molecule has 0 saturated carbocycles. The van der Waals surface area contributed by atoms with Crippen molar-refractivity contribution in [3.63, 3.8) is 0 Å². The number of methoxy groups -OCH3 is 1. The Bertz CT molecular complexity index is 394. The highest BCUT2D eigenvalue weighted by Gasteiger charge is 2.22. The van der Waals surface area contributed by atoms with E-state index < -0.39 is 0 Å². The second kappa shape index (κ2) is 7.50. The zero-order valence-corrected chi connectivity index (χ0v) is 12.8. The number of anilines is 1. The minimum Gasteiger partial charge on any atom is -0.491 e. The van der Waals surface area contributed by atoms with E-state index in [4.69, 9.17) is 9.47 Å². The average molecular weight is 278 g/mol. The maximum Gasteiger partial charge on any atom is 0.119 e. The number of hydrogen-bond acceptors (Lipinski definition) is 4. The lowest BCUT2D eigenvalue weighted by Gasteiger charge is -2.35. The highest BCUT2D eigenvalue weighted by atomic mass is 16.5. The average Bonchev–Trinajstić information content (AvgIpc) is 2.45. The highest BCUT2D eigenvalue weighted by Crippen LogP contribution is 2.21. The van der Waals surface area contributed by atoms with Gasteiger partial charge in [-0.05, 0) is 51.1 Å². The Morgan fingerprint density at radius 1 is 1.25 bits per heavy atom. The lowest BCUT2D eigenvalue weighted by molar-refractivity contribution is 0.146. The summed E-state index contributed by atoms with van der Waals surface area (Å²) in [5.41, 5.74) is 1.17. The molecule has 20 heavy (non-hydrogen) atoms. The van der Waals surface area contributed by atoms with Gasteiger partial charge in [0, 0.05) is 31.4 Å². The van der Waals surface area contributed by atoms with E-state index in [1.807, 2.05) is 12.1 Å². The summed E-state index contributed by atoms with van der Waals surface area (Å²) in [6.45, 7) is 4.67. The zero-order valence-electron chi connectivity index (χ0n) is 12.8. The lowest BCUT2D eigenvalue weighted by atomic mass is 9.99. The Hall–Kier alpha value is -1.26. The number of rotatable bonds is 6. The minimum absolute atomic E-state index is 0.571. The Balaban J connectivity index is 1.81. The first-order valence-corrected chi connectivity index (χ1v) is 7.37. The van der Waals surface area contributed by atoms with Crippen LogP contribution in [0.5, 0.6) is 5.75 Å². The van der Waals surface area contributed by atoms with E-state index in [0.29, 0.717) is 25.3 Å². The van der Waals surface area contributed by atoms with Crippen LogP contribution >= 0.6 is 0 Å². The van der Waals surface area contributed by atoms with Crippen molar-refractivity contribution < 1.29 is 9.47 Å². The predicted octanol–water partition coefficient (Wildman–Crippen LogP) is 2.61. The van der Waals surface area contributed by atoms with Gasteiger partial charge in [-0.2, -0.15) is 0 Å². The van der Waals surface area contributed by atoms with Crippen LogP contribution in [0.25, 0.3) is 0 Å². The summed E-state index contributed by atoms with van der Waals surface area (Å²) in [4.78, 5) is 2.42. The number of hydrogen-bond donors (Lipinski definition) is 1. The third-order valence-corrected chi connectivity index (χ3v) is 3.99. The third kappa shape index (κ3) is 4.39. The molecule has 0 amide bonds. The van der Waals surface area contributed by atoms with Crippen molar-refractivity contribution >= 4 is 5.69 Å². The van der Waals surface area contributed by atoms with E-state index in [0.717, 1.165) is 12.3 Å². The summed E-state index contributed by atoms with van der Waals surface area (Å²) >= 11 is 0. The molecule has 112 valence electrons. The quantitative estimate of drug-likeness (QED) is 0.811. The van der Waals surface area contributed by atoms with Crippen molar-refractivity contribution in [2.24, 2.45) is 0 Å². The maximum absolute atomic E-state index is 5.56. The van der Waals surface area contributed by atoms with Crippen molar-refractivity contribution in [1.29, 1.82) is 0 Å². The Labute approximate surface area is 122 Å². The van der Waals surface area contributed by atoms with Crippen LogP contribution in [0.15, 0.2) is 24.3 Å². The van der Waals surface area contributed by atoms with E-state index in [1.165, 1.54) is 18.5 Å². The van der Waals surface area contributed by atoms with Gasteiger partial charge in [0.25, 0.3) is 0 Å². The van der Waals surface area contributed by atoms with Gasteiger partial charge in [0.2, 0.25) is 0 Å². The molecule has 1 aromatic carbocycles. The van der Waals surface area contributed by atoms with Gasteiger partial charge in [-0.1, -0.05) is 0 Å². The summed E-state index contributed by atoms with van der Waals surface area (Å²) in [6.07, 6.45) is 2.40. The van der Waals surface area contributed by atoms with Gasteiger partial charge in [-0.3, -0.25) is 0 Å². The van der Waals surface area contributed by atoms with Gasteiger partial charge < -0.3 is 19.7 Å². The monoisotopic (exact) mass is 278 g/mol. The van der Waals surface area contributed by atoms with Crippen molar-refractivity contribution in [3.05, 3.63) is 24.3 Å². The molecule has 0 aliphatic carbocycles. The Morgan fingerprint density at radius 3 is 2.65 bits per heavy atom. The largest absolute Gasteiger partial charge is 0.491 e. The smallest absolute Gasteiger partial charge is 0.119 e. The van der Waals surface area contributed by atoms with Crippen LogP contribution in [0.4, 0.5) is 5.69 Å². The minimum atomic E-state index is 0.571. The van der Waals surface area contributed by atoms with Crippen LogP contribution in [0, 0.1) is 0 Å². The molecule has 1 aliphatic heterocycles. The predicted molar refractivity (Wildman–Crippen MR) is 82.5 cm³/mol. The van der Waals surface area contributed by atoms with Gasteiger partial charge in [0.15, 0.2) is 0 Å². The normalized spacial score (nSPS) is 23.6. The van der Waals surface area contributed by atoms with Crippen molar-refractivity contribution in [1.82, 2.24) is 4.90 Å². The molecule has 4 nitrogen and oxygen atoms in total. The maximum atomic E-state index is 5.56. The summed E-state index contributed by atoms with van der Waals surface area (Å²) in [6, 6.07) is 9.42. The molecule has 0 radical (unpaired) electrons. The van der Waals surface area contributed by atoms with Crippen LogP contribution in [-0.2, 0) is 4.74 Å². The van der Waals surface area contributed by atoms with E-state index in [1.54, 1.807) is 7.11 Å². The summed E-state index contributed by atoms with van der Waals surface area (Å²) in [7, 11) is 3.88. The fourth-order valence-electron chi connectivity index (χ4n) is 2.55. The number of ether oxygens (including phenoxy) is 2. The molecular formula is C16H26N2O2. The second-order valence-electron chi connectivity index (χ2n) is 5.56. The van der Waals surface area contributed by atoms with Crippen LogP contribution < -0.4 is 10.1 Å². The molecule has 1 heterocycles. The molecule has 2 rings (SSSR count). The van der Waals surface area contributed by atoms with Crippen molar-refractivity contribution in [3.8, 4) is 5.75 Å². The van der Waals surface area contributed by atoms with Gasteiger partial charge in [0.05, 0.1) is 6.61 Å². The van der Waals surface area contributed by atoms with Crippen LogP contribution in [0.2, 0.25) is 0 Å². The number of benzene rings is 1. The van der Waals surface area contributed by atoms with Gasteiger partial charge in [0.1, 0.15) is 12.4 Å². The SMILES string of the molecule is COCCOc1ccc(NC2CCN(C)C(C)C2)cc1. The topological polar surface area (TPSA) is 33.7 Å². The molecule has 0 spiro atoms. The number of nitrogens with one attached hydrogen (secondary N) is 1. The fraction of sp³-hybridized carbons (Fsp3) is 0.625. The van der Waals surface area contributed by atoms with E-state index in [2.05, 4.69) is 36.3 Å². The number of likely N-dealkylation sites (tertiary alicyclic amines) is 1. The molecule has 1 aromatic rings. The van der Waals surface area contributed by atoms with Crippen LogP contribution in [0.3, 0.4) is 0 Å². The van der Waals surface area contributed by atoms with Crippen molar-refractivity contribution in [2.75, 3.05) is 39.2 Å². The molecule has 0 bridgehead atoms. The zero-order chi connectivity index (χ0) is 14.4. The van der Waals surface area contributed by atoms with Gasteiger partial charge in [-0.25, -0.2) is 0 Å². The van der Waals surface area contributed by atoms with E-state index in [-0.39, 0.29) is 0 Å². The highest BCUT2D eigenvalue weighted by molar-refractivity contribution is 5.47. The van der Waals surface area contributed by atoms with Gasteiger partial charge in [-0.15, -0.1) is 0 Å². The fourth-order valence-corrected chi connectivity index (χ4v) is 2.55. The van der Waals surface area contributed by atoms with E-state index >= 15 is 0 Å². The molecule has 1 aliphatic rings. The third-order valence-electron chi connectivity index (χ3n) is 3.99. The first-order valence-electron chi connectivity index (χ1n) is 7.37. The molecule has 4 heteroatoms. The summed E-state index contributed by atoms with van der Waals surface area (Å²) in [5, 5.41) is 3.62. The Morgan fingerprint density at radius 2 is 2.00 bits per heavy atom. The Kier molecular flexibility index (Phi) is 5.68. The lowest BCUT2D eigenvalue weighted by Crippen LogP contribution is -2.42. The van der Waals surface area contributed by atoms with Gasteiger partial charge >= 0.3 is 0 Å². The number of nitrogens with zero attached hydrogens (tertiary/aromatic N) is 1. The first kappa shape index (κ1) is 15.1. The molecular weight excluding hydrogens is 252 g/mol. The molecule has 0 aromatic heterocycles. The second-order valence-corrected chi connectivity index (χ2v) is 5.56. The summed E-state index contributed by atoms with van der Waals surface area (Å²) < 4.78 is 10.5. The molecule has 2 unspecified atom stereocenters. The van der Waals surface area contributed by atoms with E-state index in [9.17, 15) is 0 Å². The molecule has 1 N–H and O–H groups in total. The molecule has 1 fully saturated rings. The standard InChI is InChI=1S/C16H26N2O2/c1-13-12-15(8-9-18(13)2)17-14-4-6-16(7-5-14)20-11-10-19-3/h4-7,13,15,17H,8-12H2,1-3H3. The molecule has 2 atom stereocenters. The van der Waals surface area contributed by atoms with Crippen LogP contribution in [0.1, 0.15) is 19.8 Å². The summed E-state index contributed by atoms with van der Waals surface area (Å²) in [5.74, 6) is 0.893. The first-order chi connectivity index (χ1) is 9.69. The molecule has 1 saturated heterocycles. The van der Waals surface area contributed by atoms with Crippen molar-refractivity contribution in [2.45, 2.75) is 31.8 Å². The number of piperidine rings is 1.